The molecule has 0 aliphatic heterocycles. The molecule has 1 aliphatic carbocycles. The van der Waals surface area contributed by atoms with Gasteiger partial charge in [0.25, 0.3) is 0 Å². The van der Waals surface area contributed by atoms with Crippen molar-refractivity contribution in [2.75, 3.05) is 0 Å². The molecular weight excluding hydrogens is 266 g/mol. The van der Waals surface area contributed by atoms with E-state index >= 15 is 0 Å². The summed E-state index contributed by atoms with van der Waals surface area (Å²) in [6.45, 7) is 6.77. The Balaban J connectivity index is 2.15. The molecule has 0 amide bonds. The van der Waals surface area contributed by atoms with Gasteiger partial charge in [0, 0.05) is 6.07 Å². The van der Waals surface area contributed by atoms with Crippen LogP contribution in [0.2, 0.25) is 0 Å². The molecular formula is C16H25N3O2. The van der Waals surface area contributed by atoms with Crippen molar-refractivity contribution in [3.63, 3.8) is 0 Å². The number of pyridine rings is 1. The molecule has 3 atom stereocenters. The average molecular weight is 291 g/mol. The highest BCUT2D eigenvalue weighted by molar-refractivity contribution is 5.95. The summed E-state index contributed by atoms with van der Waals surface area (Å²) in [5.41, 5.74) is 6.01. The first-order chi connectivity index (χ1) is 10.0. The fourth-order valence-electron chi connectivity index (χ4n) is 3.08. The van der Waals surface area contributed by atoms with Crippen molar-refractivity contribution in [3.8, 4) is 5.88 Å². The van der Waals surface area contributed by atoms with E-state index in [1.54, 1.807) is 6.07 Å². The number of nitrogens with zero attached hydrogens (tertiary/aromatic N) is 2. The summed E-state index contributed by atoms with van der Waals surface area (Å²) in [5.74, 6) is 2.37. The van der Waals surface area contributed by atoms with Gasteiger partial charge in [-0.25, -0.2) is 4.98 Å². The van der Waals surface area contributed by atoms with Crippen molar-refractivity contribution in [3.05, 3.63) is 23.9 Å². The summed E-state index contributed by atoms with van der Waals surface area (Å²) in [4.78, 5) is 4.32. The van der Waals surface area contributed by atoms with E-state index in [1.165, 1.54) is 12.8 Å². The van der Waals surface area contributed by atoms with Gasteiger partial charge in [-0.3, -0.25) is 0 Å². The number of hydrogen-bond donors (Lipinski definition) is 2. The third kappa shape index (κ3) is 3.86. The second kappa shape index (κ2) is 6.78. The van der Waals surface area contributed by atoms with E-state index in [0.717, 1.165) is 6.42 Å². The van der Waals surface area contributed by atoms with Gasteiger partial charge in [0.2, 0.25) is 5.88 Å². The summed E-state index contributed by atoms with van der Waals surface area (Å²) >= 11 is 0. The predicted octanol–water partition coefficient (Wildman–Crippen LogP) is 3.02. The number of rotatable bonds is 4. The Morgan fingerprint density at radius 2 is 2.19 bits per heavy atom. The van der Waals surface area contributed by atoms with Crippen molar-refractivity contribution < 1.29 is 9.94 Å². The lowest BCUT2D eigenvalue weighted by atomic mass is 9.75. The van der Waals surface area contributed by atoms with Crippen molar-refractivity contribution >= 4 is 5.84 Å². The van der Waals surface area contributed by atoms with E-state index in [2.05, 4.69) is 30.9 Å². The molecule has 0 spiro atoms. The van der Waals surface area contributed by atoms with Crippen LogP contribution in [0.4, 0.5) is 0 Å². The third-order valence-electron chi connectivity index (χ3n) is 4.33. The van der Waals surface area contributed by atoms with Crippen molar-refractivity contribution in [1.82, 2.24) is 4.98 Å². The molecule has 0 saturated heterocycles. The van der Waals surface area contributed by atoms with Gasteiger partial charge in [-0.05, 0) is 36.7 Å². The molecule has 1 aliphatic rings. The zero-order valence-corrected chi connectivity index (χ0v) is 13.0. The number of oxime groups is 1. The minimum Gasteiger partial charge on any atom is -0.474 e. The molecule has 1 saturated carbocycles. The number of nitrogens with two attached hydrogens (primary N) is 1. The van der Waals surface area contributed by atoms with E-state index in [-0.39, 0.29) is 11.9 Å². The third-order valence-corrected chi connectivity index (χ3v) is 4.33. The predicted molar refractivity (Wildman–Crippen MR) is 82.5 cm³/mol. The Labute approximate surface area is 126 Å². The van der Waals surface area contributed by atoms with Crippen LogP contribution in [-0.4, -0.2) is 22.1 Å². The summed E-state index contributed by atoms with van der Waals surface area (Å²) < 4.78 is 6.13. The minimum absolute atomic E-state index is 0.00197. The molecule has 2 rings (SSSR count). The van der Waals surface area contributed by atoms with E-state index in [9.17, 15) is 0 Å². The van der Waals surface area contributed by atoms with Crippen LogP contribution in [0, 0.1) is 17.8 Å². The fourth-order valence-corrected chi connectivity index (χ4v) is 3.08. The quantitative estimate of drug-likeness (QED) is 0.387. The molecule has 0 radical (unpaired) electrons. The smallest absolute Gasteiger partial charge is 0.214 e. The van der Waals surface area contributed by atoms with Gasteiger partial charge >= 0.3 is 0 Å². The molecule has 1 heterocycles. The number of hydrogen-bond acceptors (Lipinski definition) is 4. The molecule has 1 aromatic rings. The lowest BCUT2D eigenvalue weighted by Gasteiger charge is -2.37. The monoisotopic (exact) mass is 291 g/mol. The largest absolute Gasteiger partial charge is 0.474 e. The number of ether oxygens (including phenoxy) is 1. The summed E-state index contributed by atoms with van der Waals surface area (Å²) in [6, 6.07) is 5.34. The first-order valence-electron chi connectivity index (χ1n) is 7.63. The highest BCUT2D eigenvalue weighted by atomic mass is 16.5. The van der Waals surface area contributed by atoms with Gasteiger partial charge in [-0.15, -0.1) is 0 Å². The molecule has 1 fully saturated rings. The maximum absolute atomic E-state index is 8.73. The van der Waals surface area contributed by atoms with Crippen molar-refractivity contribution in [1.29, 1.82) is 0 Å². The van der Waals surface area contributed by atoms with E-state index in [0.29, 0.717) is 29.3 Å². The van der Waals surface area contributed by atoms with Crippen LogP contribution in [0.15, 0.2) is 23.4 Å². The topological polar surface area (TPSA) is 80.7 Å². The van der Waals surface area contributed by atoms with Crippen LogP contribution >= 0.6 is 0 Å². The second-order valence-corrected chi connectivity index (χ2v) is 6.33. The number of aromatic nitrogens is 1. The first kappa shape index (κ1) is 15.6. The van der Waals surface area contributed by atoms with Gasteiger partial charge in [0.1, 0.15) is 11.8 Å². The van der Waals surface area contributed by atoms with Gasteiger partial charge in [0.15, 0.2) is 5.84 Å². The van der Waals surface area contributed by atoms with Crippen LogP contribution < -0.4 is 10.5 Å². The van der Waals surface area contributed by atoms with Crippen molar-refractivity contribution in [2.24, 2.45) is 28.6 Å². The average Bonchev–Trinajstić information content (AvgIpc) is 2.46. The Morgan fingerprint density at radius 1 is 1.43 bits per heavy atom. The van der Waals surface area contributed by atoms with E-state index in [4.69, 9.17) is 15.7 Å². The van der Waals surface area contributed by atoms with E-state index < -0.39 is 0 Å². The summed E-state index contributed by atoms with van der Waals surface area (Å²) in [7, 11) is 0. The van der Waals surface area contributed by atoms with Crippen molar-refractivity contribution in [2.45, 2.75) is 46.1 Å². The summed E-state index contributed by atoms with van der Waals surface area (Å²) in [5, 5.41) is 11.7. The van der Waals surface area contributed by atoms with Crippen LogP contribution in [0.1, 0.15) is 45.7 Å². The van der Waals surface area contributed by atoms with Gasteiger partial charge in [-0.1, -0.05) is 38.4 Å². The number of amidine groups is 1. The van der Waals surface area contributed by atoms with Gasteiger partial charge < -0.3 is 15.7 Å². The zero-order chi connectivity index (χ0) is 15.4. The Morgan fingerprint density at radius 3 is 2.86 bits per heavy atom. The molecule has 5 heteroatoms. The first-order valence-corrected chi connectivity index (χ1v) is 7.63. The Bertz CT molecular complexity index is 502. The molecule has 1 aromatic heterocycles. The van der Waals surface area contributed by atoms with Crippen LogP contribution in [0.3, 0.4) is 0 Å². The highest BCUT2D eigenvalue weighted by Gasteiger charge is 2.32. The maximum Gasteiger partial charge on any atom is 0.214 e. The lowest BCUT2D eigenvalue weighted by Crippen LogP contribution is -2.36. The zero-order valence-electron chi connectivity index (χ0n) is 13.0. The van der Waals surface area contributed by atoms with Crippen LogP contribution in [-0.2, 0) is 0 Å². The Hall–Kier alpha value is -1.78. The second-order valence-electron chi connectivity index (χ2n) is 6.33. The maximum atomic E-state index is 8.73. The fraction of sp³-hybridized carbons (Fsp3) is 0.625. The standard InChI is InChI=1S/C16H25N3O2/c1-10(2)12-8-7-11(3)9-14(12)21-15-6-4-5-13(18-15)16(17)19-20/h4-6,10-12,14,20H,7-9H2,1-3H3,(H2,17,19). The highest BCUT2D eigenvalue weighted by Crippen LogP contribution is 2.35. The molecule has 3 unspecified atom stereocenters. The lowest BCUT2D eigenvalue weighted by molar-refractivity contribution is 0.0426. The molecule has 21 heavy (non-hydrogen) atoms. The van der Waals surface area contributed by atoms with Gasteiger partial charge in [0.05, 0.1) is 0 Å². The van der Waals surface area contributed by atoms with E-state index in [1.807, 2.05) is 12.1 Å². The van der Waals surface area contributed by atoms with Gasteiger partial charge in [-0.2, -0.15) is 0 Å². The van der Waals surface area contributed by atoms with Crippen LogP contribution in [0.25, 0.3) is 0 Å². The molecule has 5 nitrogen and oxygen atoms in total. The molecule has 0 aromatic carbocycles. The summed E-state index contributed by atoms with van der Waals surface area (Å²) in [6.07, 6.45) is 3.70. The Kier molecular flexibility index (Phi) is 5.04. The SMILES string of the molecule is CC1CCC(C(C)C)C(Oc2cccc(C(N)=NO)n2)C1. The van der Waals surface area contributed by atoms with Crippen LogP contribution in [0.5, 0.6) is 5.88 Å². The molecule has 0 bridgehead atoms. The molecule has 116 valence electrons. The molecule has 3 N–H and O–H groups in total. The normalized spacial score (nSPS) is 26.9. The minimum atomic E-state index is -0.00197.